The summed E-state index contributed by atoms with van der Waals surface area (Å²) in [6.45, 7) is 10.3. The molecule has 140 valence electrons. The number of unbranched alkanes of at least 4 members (excludes halogenated alkanes) is 14. The second-order valence-corrected chi connectivity index (χ2v) is 8.11. The van der Waals surface area contributed by atoms with E-state index in [0.29, 0.717) is 5.54 Å². The molecule has 0 saturated heterocycles. The highest BCUT2D eigenvalue weighted by atomic mass is 14.9. The highest BCUT2D eigenvalue weighted by molar-refractivity contribution is 4.76. The van der Waals surface area contributed by atoms with Crippen molar-refractivity contribution in [3.63, 3.8) is 0 Å². The van der Waals surface area contributed by atoms with Gasteiger partial charge in [-0.05, 0) is 26.8 Å². The van der Waals surface area contributed by atoms with Crippen LogP contribution < -0.4 is 5.32 Å². The first-order chi connectivity index (χ1) is 11.1. The van der Waals surface area contributed by atoms with Crippen LogP contribution in [0.1, 0.15) is 130 Å². The van der Waals surface area contributed by atoms with E-state index in [0.717, 1.165) is 6.54 Å². The third-order valence-corrected chi connectivity index (χ3v) is 5.06. The Morgan fingerprint density at radius 3 is 1.22 bits per heavy atom. The molecule has 0 aliphatic rings. The molecule has 0 fully saturated rings. The summed E-state index contributed by atoms with van der Waals surface area (Å²) in [6, 6.07) is 0. The number of nitrogens with one attached hydrogen (secondary N) is 1. The van der Waals surface area contributed by atoms with E-state index in [-0.39, 0.29) is 0 Å². The van der Waals surface area contributed by atoms with Crippen molar-refractivity contribution in [1.82, 2.24) is 5.32 Å². The molecule has 0 aromatic heterocycles. The average Bonchev–Trinajstić information content (AvgIpc) is 2.51. The van der Waals surface area contributed by atoms with Crippen LogP contribution >= 0.6 is 0 Å². The summed E-state index contributed by atoms with van der Waals surface area (Å²) in [4.78, 5) is 0. The minimum absolute atomic E-state index is 0.339. The Morgan fingerprint density at radius 2 is 0.870 bits per heavy atom. The largest absolute Gasteiger partial charge is 0.312 e. The van der Waals surface area contributed by atoms with Crippen molar-refractivity contribution in [3.05, 3.63) is 0 Å². The van der Waals surface area contributed by atoms with Crippen molar-refractivity contribution in [2.24, 2.45) is 0 Å². The summed E-state index contributed by atoms with van der Waals surface area (Å²) < 4.78 is 0. The molecule has 0 amide bonds. The Kier molecular flexibility index (Phi) is 16.8. The molecule has 0 atom stereocenters. The third-order valence-electron chi connectivity index (χ3n) is 5.06. The first-order valence-electron chi connectivity index (χ1n) is 10.9. The van der Waals surface area contributed by atoms with E-state index >= 15 is 0 Å². The van der Waals surface area contributed by atoms with Gasteiger partial charge in [-0.3, -0.25) is 0 Å². The molecule has 0 aromatic rings. The molecule has 0 unspecified atom stereocenters. The van der Waals surface area contributed by atoms with Crippen LogP contribution in [0.5, 0.6) is 0 Å². The summed E-state index contributed by atoms with van der Waals surface area (Å²) in [5.41, 5.74) is 0.339. The fourth-order valence-electron chi connectivity index (χ4n) is 3.51. The lowest BCUT2D eigenvalue weighted by Gasteiger charge is -2.25. The molecule has 0 saturated carbocycles. The third kappa shape index (κ3) is 18.1. The first-order valence-corrected chi connectivity index (χ1v) is 10.9. The van der Waals surface area contributed by atoms with E-state index in [1.54, 1.807) is 0 Å². The zero-order chi connectivity index (χ0) is 17.2. The van der Waals surface area contributed by atoms with Crippen molar-refractivity contribution in [3.8, 4) is 0 Å². The number of rotatable bonds is 18. The second kappa shape index (κ2) is 16.8. The molecule has 0 aliphatic carbocycles. The summed E-state index contributed by atoms with van der Waals surface area (Å²) in [5, 5.41) is 3.57. The van der Waals surface area contributed by atoms with Crippen molar-refractivity contribution >= 4 is 0 Å². The highest BCUT2D eigenvalue weighted by Gasteiger charge is 2.14. The molecule has 23 heavy (non-hydrogen) atoms. The van der Waals surface area contributed by atoms with Crippen LogP contribution in [0.15, 0.2) is 0 Å². The fourth-order valence-corrected chi connectivity index (χ4v) is 3.51. The monoisotopic (exact) mass is 325 g/mol. The van der Waals surface area contributed by atoms with Crippen molar-refractivity contribution in [2.45, 2.75) is 136 Å². The van der Waals surface area contributed by atoms with Gasteiger partial charge in [-0.15, -0.1) is 0 Å². The maximum Gasteiger partial charge on any atom is 0.0125 e. The molecule has 0 aliphatic heterocycles. The number of hydrogen-bond acceptors (Lipinski definition) is 1. The van der Waals surface area contributed by atoms with E-state index in [1.807, 2.05) is 0 Å². The smallest absolute Gasteiger partial charge is 0.0125 e. The molecule has 0 rings (SSSR count). The molecule has 1 nitrogen and oxygen atoms in total. The van der Waals surface area contributed by atoms with E-state index in [4.69, 9.17) is 0 Å². The van der Waals surface area contributed by atoms with Gasteiger partial charge in [0.15, 0.2) is 0 Å². The molecule has 0 spiro atoms. The Morgan fingerprint density at radius 1 is 0.522 bits per heavy atom. The maximum atomic E-state index is 3.57. The summed E-state index contributed by atoms with van der Waals surface area (Å²) in [6.07, 6.45) is 23.1. The van der Waals surface area contributed by atoms with Crippen LogP contribution in [0.3, 0.4) is 0 Å². The molecule has 1 heteroatoms. The average molecular weight is 326 g/mol. The molecular formula is C22H47N. The van der Waals surface area contributed by atoms with Gasteiger partial charge in [-0.25, -0.2) is 0 Å². The van der Waals surface area contributed by atoms with Gasteiger partial charge in [0, 0.05) is 5.54 Å². The summed E-state index contributed by atoms with van der Waals surface area (Å²) >= 11 is 0. The molecule has 1 N–H and O–H groups in total. The predicted molar refractivity (Wildman–Crippen MR) is 107 cm³/mol. The van der Waals surface area contributed by atoms with Crippen LogP contribution in [0, 0.1) is 0 Å². The molecular weight excluding hydrogens is 278 g/mol. The lowest BCUT2D eigenvalue weighted by atomic mass is 9.96. The SMILES string of the molecule is CCCCCCCCCCCCCCCCCC(C)(C)NCC. The van der Waals surface area contributed by atoms with Crippen LogP contribution in [0.2, 0.25) is 0 Å². The Balaban J connectivity index is 3.11. The van der Waals surface area contributed by atoms with Gasteiger partial charge >= 0.3 is 0 Å². The van der Waals surface area contributed by atoms with Crippen LogP contribution in [-0.4, -0.2) is 12.1 Å². The number of hydrogen-bond donors (Lipinski definition) is 1. The molecule has 0 bridgehead atoms. The topological polar surface area (TPSA) is 12.0 Å². The van der Waals surface area contributed by atoms with Gasteiger partial charge in [0.2, 0.25) is 0 Å². The second-order valence-electron chi connectivity index (χ2n) is 8.11. The molecule has 0 radical (unpaired) electrons. The first kappa shape index (κ1) is 23.0. The fraction of sp³-hybridized carbons (Fsp3) is 1.00. The van der Waals surface area contributed by atoms with E-state index < -0.39 is 0 Å². The zero-order valence-corrected chi connectivity index (χ0v) is 17.0. The normalized spacial score (nSPS) is 12.0. The van der Waals surface area contributed by atoms with Crippen molar-refractivity contribution < 1.29 is 0 Å². The Labute approximate surface area is 148 Å². The minimum atomic E-state index is 0.339. The van der Waals surface area contributed by atoms with Gasteiger partial charge in [0.05, 0.1) is 0 Å². The van der Waals surface area contributed by atoms with Gasteiger partial charge < -0.3 is 5.32 Å². The van der Waals surface area contributed by atoms with Gasteiger partial charge in [-0.2, -0.15) is 0 Å². The summed E-state index contributed by atoms with van der Waals surface area (Å²) in [5.74, 6) is 0. The van der Waals surface area contributed by atoms with Gasteiger partial charge in [0.25, 0.3) is 0 Å². The lowest BCUT2D eigenvalue weighted by molar-refractivity contribution is 0.354. The lowest BCUT2D eigenvalue weighted by Crippen LogP contribution is -2.38. The Hall–Kier alpha value is -0.0400. The van der Waals surface area contributed by atoms with Crippen LogP contribution in [0.4, 0.5) is 0 Å². The van der Waals surface area contributed by atoms with E-state index in [9.17, 15) is 0 Å². The van der Waals surface area contributed by atoms with E-state index in [2.05, 4.69) is 33.0 Å². The standard InChI is InChI=1S/C22H47N/c1-5-7-8-9-10-11-12-13-14-15-16-17-18-19-20-21-22(3,4)23-6-2/h23H,5-21H2,1-4H3. The van der Waals surface area contributed by atoms with E-state index in [1.165, 1.54) is 103 Å². The highest BCUT2D eigenvalue weighted by Crippen LogP contribution is 2.16. The van der Waals surface area contributed by atoms with Crippen LogP contribution in [0.25, 0.3) is 0 Å². The van der Waals surface area contributed by atoms with Gasteiger partial charge in [0.1, 0.15) is 0 Å². The molecule has 0 aromatic carbocycles. The minimum Gasteiger partial charge on any atom is -0.312 e. The van der Waals surface area contributed by atoms with Crippen molar-refractivity contribution in [1.29, 1.82) is 0 Å². The summed E-state index contributed by atoms with van der Waals surface area (Å²) in [7, 11) is 0. The zero-order valence-electron chi connectivity index (χ0n) is 17.0. The van der Waals surface area contributed by atoms with Gasteiger partial charge in [-0.1, -0.05) is 110 Å². The van der Waals surface area contributed by atoms with Crippen LogP contribution in [-0.2, 0) is 0 Å². The maximum absolute atomic E-state index is 3.57. The predicted octanol–water partition coefficient (Wildman–Crippen LogP) is 7.64. The quantitative estimate of drug-likeness (QED) is 0.255. The molecule has 0 heterocycles. The van der Waals surface area contributed by atoms with Crippen molar-refractivity contribution in [2.75, 3.05) is 6.54 Å². The Bertz CT molecular complexity index is 222.